The predicted molar refractivity (Wildman–Crippen MR) is 134 cm³/mol. The minimum Gasteiger partial charge on any atom is -0.481 e. The van der Waals surface area contributed by atoms with Crippen molar-refractivity contribution in [1.29, 1.82) is 0 Å². The first-order valence-electron chi connectivity index (χ1n) is 11.9. The topological polar surface area (TPSA) is 119 Å². The summed E-state index contributed by atoms with van der Waals surface area (Å²) in [7, 11) is 0. The Balaban J connectivity index is 1.45. The molecule has 1 saturated carbocycles. The molecule has 0 bridgehead atoms. The molecule has 9 heteroatoms. The SMILES string of the molecule is CCc1cc2c(=O)c(-c3nc(C)cs3)coc2cc1O[C@@H](C)C(=O)NCC1CCC(C(=O)O)CC1. The predicted octanol–water partition coefficient (Wildman–Crippen LogP) is 4.56. The van der Waals surface area contributed by atoms with Crippen LogP contribution in [0.4, 0.5) is 0 Å². The van der Waals surface area contributed by atoms with Gasteiger partial charge in [0.05, 0.1) is 16.9 Å². The minimum absolute atomic E-state index is 0.148. The minimum atomic E-state index is -0.739. The number of ether oxygens (including phenoxy) is 1. The van der Waals surface area contributed by atoms with Crippen molar-refractivity contribution in [3.05, 3.63) is 45.3 Å². The largest absolute Gasteiger partial charge is 0.481 e. The third-order valence-electron chi connectivity index (χ3n) is 6.62. The number of carboxylic acid groups (broad SMARTS) is 1. The summed E-state index contributed by atoms with van der Waals surface area (Å²) in [6.45, 7) is 6.03. The zero-order valence-corrected chi connectivity index (χ0v) is 20.9. The van der Waals surface area contributed by atoms with Crippen molar-refractivity contribution in [2.45, 2.75) is 59.0 Å². The smallest absolute Gasteiger partial charge is 0.306 e. The van der Waals surface area contributed by atoms with E-state index in [1.165, 1.54) is 17.6 Å². The van der Waals surface area contributed by atoms with Gasteiger partial charge in [-0.3, -0.25) is 14.4 Å². The van der Waals surface area contributed by atoms with Crippen LogP contribution in [0.25, 0.3) is 21.5 Å². The molecule has 2 aromatic heterocycles. The zero-order chi connectivity index (χ0) is 25.1. The molecule has 1 fully saturated rings. The molecule has 1 aliphatic rings. The molecule has 8 nitrogen and oxygen atoms in total. The molecule has 2 N–H and O–H groups in total. The van der Waals surface area contributed by atoms with Gasteiger partial charge in [-0.15, -0.1) is 11.3 Å². The first-order valence-corrected chi connectivity index (χ1v) is 12.8. The van der Waals surface area contributed by atoms with Crippen LogP contribution in [-0.4, -0.2) is 34.6 Å². The fraction of sp³-hybridized carbons (Fsp3) is 0.462. The van der Waals surface area contributed by atoms with Crippen LogP contribution >= 0.6 is 11.3 Å². The molecule has 1 aliphatic carbocycles. The van der Waals surface area contributed by atoms with Gasteiger partial charge >= 0.3 is 5.97 Å². The molecule has 2 heterocycles. The van der Waals surface area contributed by atoms with Gasteiger partial charge in [-0.2, -0.15) is 0 Å². The van der Waals surface area contributed by atoms with Gasteiger partial charge in [0.1, 0.15) is 22.6 Å². The van der Waals surface area contributed by atoms with Gasteiger partial charge in [-0.25, -0.2) is 4.98 Å². The Hall–Kier alpha value is -3.20. The molecule has 1 amide bonds. The normalized spacial score (nSPS) is 18.8. The molecule has 186 valence electrons. The Morgan fingerprint density at radius 1 is 1.29 bits per heavy atom. The second-order valence-corrected chi connectivity index (χ2v) is 10.0. The fourth-order valence-corrected chi connectivity index (χ4v) is 5.26. The lowest BCUT2D eigenvalue weighted by atomic mass is 9.82. The van der Waals surface area contributed by atoms with Crippen LogP contribution in [0.15, 0.2) is 33.0 Å². The molecule has 0 aliphatic heterocycles. The van der Waals surface area contributed by atoms with Crippen LogP contribution < -0.4 is 15.5 Å². The fourth-order valence-electron chi connectivity index (χ4n) is 4.46. The van der Waals surface area contributed by atoms with E-state index in [1.807, 2.05) is 19.2 Å². The van der Waals surface area contributed by atoms with E-state index in [0.717, 1.165) is 24.1 Å². The van der Waals surface area contributed by atoms with Crippen molar-refractivity contribution < 1.29 is 23.8 Å². The number of fused-ring (bicyclic) bond motifs is 1. The number of nitrogens with one attached hydrogen (secondary N) is 1. The lowest BCUT2D eigenvalue weighted by Crippen LogP contribution is -2.39. The molecule has 35 heavy (non-hydrogen) atoms. The summed E-state index contributed by atoms with van der Waals surface area (Å²) in [6.07, 6.45) is 4.18. The number of thiazole rings is 1. The Kier molecular flexibility index (Phi) is 7.54. The van der Waals surface area contributed by atoms with Crippen LogP contribution in [0.2, 0.25) is 0 Å². The third kappa shape index (κ3) is 5.56. The maximum absolute atomic E-state index is 13.1. The van der Waals surface area contributed by atoms with E-state index in [9.17, 15) is 14.4 Å². The lowest BCUT2D eigenvalue weighted by Gasteiger charge is -2.26. The molecule has 0 unspecified atom stereocenters. The van der Waals surface area contributed by atoms with Crippen LogP contribution in [0.5, 0.6) is 5.75 Å². The van der Waals surface area contributed by atoms with E-state index in [2.05, 4.69) is 10.3 Å². The maximum atomic E-state index is 13.1. The summed E-state index contributed by atoms with van der Waals surface area (Å²) < 4.78 is 11.8. The average Bonchev–Trinajstić information content (AvgIpc) is 3.28. The zero-order valence-electron chi connectivity index (χ0n) is 20.1. The van der Waals surface area contributed by atoms with E-state index in [4.69, 9.17) is 14.3 Å². The molecule has 0 spiro atoms. The summed E-state index contributed by atoms with van der Waals surface area (Å²) in [5.74, 6) is -0.457. The number of aryl methyl sites for hydroxylation is 2. The van der Waals surface area contributed by atoms with Gasteiger partial charge in [0.2, 0.25) is 5.43 Å². The summed E-state index contributed by atoms with van der Waals surface area (Å²) in [6, 6.07) is 3.44. The van der Waals surface area contributed by atoms with Gasteiger partial charge in [-0.05, 0) is 63.5 Å². The van der Waals surface area contributed by atoms with E-state index >= 15 is 0 Å². The number of hydrogen-bond donors (Lipinski definition) is 2. The molecule has 1 atom stereocenters. The summed E-state index contributed by atoms with van der Waals surface area (Å²) in [4.78, 5) is 41.3. The number of carbonyl (C=O) groups is 2. The first kappa shape index (κ1) is 24.9. The second-order valence-electron chi connectivity index (χ2n) is 9.14. The highest BCUT2D eigenvalue weighted by atomic mass is 32.1. The van der Waals surface area contributed by atoms with Gasteiger partial charge in [0.15, 0.2) is 6.10 Å². The standard InChI is InChI=1S/C26H30N2O6S/c1-4-17-9-19-22(33-12-20(23(19)29)25-28-14(2)13-35-25)10-21(17)34-15(3)24(30)27-11-16-5-7-18(8-6-16)26(31)32/h9-10,12-13,15-16,18H,4-8,11H2,1-3H3,(H,27,30)(H,31,32)/t15-,16?,18?/m0/s1. The number of rotatable bonds is 8. The number of carbonyl (C=O) groups excluding carboxylic acids is 1. The second kappa shape index (κ2) is 10.6. The van der Waals surface area contributed by atoms with Crippen molar-refractivity contribution in [2.24, 2.45) is 11.8 Å². The number of amides is 1. The number of nitrogens with zero attached hydrogens (tertiary/aromatic N) is 1. The van der Waals surface area contributed by atoms with Crippen molar-refractivity contribution in [3.63, 3.8) is 0 Å². The third-order valence-corrected chi connectivity index (χ3v) is 7.61. The quantitative estimate of drug-likeness (QED) is 0.467. The monoisotopic (exact) mass is 498 g/mol. The number of aromatic nitrogens is 1. The molecule has 0 saturated heterocycles. The van der Waals surface area contributed by atoms with Crippen molar-refractivity contribution >= 4 is 34.2 Å². The highest BCUT2D eigenvalue weighted by molar-refractivity contribution is 7.13. The molecule has 0 radical (unpaired) electrons. The van der Waals surface area contributed by atoms with Gasteiger partial charge in [0.25, 0.3) is 5.91 Å². The summed E-state index contributed by atoms with van der Waals surface area (Å²) in [5.41, 5.74) is 2.33. The van der Waals surface area contributed by atoms with Crippen LogP contribution in [-0.2, 0) is 16.0 Å². The number of aliphatic carboxylic acids is 1. The Bertz CT molecular complexity index is 1290. The van der Waals surface area contributed by atoms with E-state index in [-0.39, 0.29) is 23.2 Å². The van der Waals surface area contributed by atoms with Crippen molar-refractivity contribution in [1.82, 2.24) is 10.3 Å². The van der Waals surface area contributed by atoms with E-state index < -0.39 is 12.1 Å². The first-order chi connectivity index (χ1) is 16.8. The van der Waals surface area contributed by atoms with Gasteiger partial charge < -0.3 is 19.6 Å². The molecule has 1 aromatic carbocycles. The van der Waals surface area contributed by atoms with Crippen molar-refractivity contribution in [3.8, 4) is 16.3 Å². The summed E-state index contributed by atoms with van der Waals surface area (Å²) in [5, 5.41) is 15.0. The Labute approximate surface area is 207 Å². The highest BCUT2D eigenvalue weighted by Crippen LogP contribution is 2.30. The number of benzene rings is 1. The molecular formula is C26H30N2O6S. The van der Waals surface area contributed by atoms with Crippen LogP contribution in [0.1, 0.15) is 50.8 Å². The molecule has 4 rings (SSSR count). The Morgan fingerprint density at radius 2 is 2.03 bits per heavy atom. The molecule has 3 aromatic rings. The molecular weight excluding hydrogens is 468 g/mol. The summed E-state index contributed by atoms with van der Waals surface area (Å²) >= 11 is 1.40. The lowest BCUT2D eigenvalue weighted by molar-refractivity contribution is -0.143. The van der Waals surface area contributed by atoms with E-state index in [1.54, 1.807) is 19.1 Å². The van der Waals surface area contributed by atoms with E-state index in [0.29, 0.717) is 53.1 Å². The average molecular weight is 499 g/mol. The van der Waals surface area contributed by atoms with Crippen molar-refractivity contribution in [2.75, 3.05) is 6.54 Å². The van der Waals surface area contributed by atoms with Gasteiger partial charge in [-0.1, -0.05) is 6.92 Å². The highest BCUT2D eigenvalue weighted by Gasteiger charge is 2.27. The Morgan fingerprint density at radius 3 is 2.66 bits per heavy atom. The van der Waals surface area contributed by atoms with Crippen LogP contribution in [0, 0.1) is 18.8 Å². The number of carboxylic acids is 1. The number of hydrogen-bond acceptors (Lipinski definition) is 7. The van der Waals surface area contributed by atoms with Gasteiger partial charge in [0, 0.05) is 23.7 Å². The maximum Gasteiger partial charge on any atom is 0.306 e. The van der Waals surface area contributed by atoms with Crippen LogP contribution in [0.3, 0.4) is 0 Å².